The molecule has 18 heavy (non-hydrogen) atoms. The van der Waals surface area contributed by atoms with Gasteiger partial charge in [0.25, 0.3) is 0 Å². The third kappa shape index (κ3) is 4.75. The Labute approximate surface area is 116 Å². The zero-order valence-electron chi connectivity index (χ0n) is 11.2. The quantitative estimate of drug-likeness (QED) is 0.848. The van der Waals surface area contributed by atoms with Crippen LogP contribution in [0.3, 0.4) is 0 Å². The van der Waals surface area contributed by atoms with E-state index in [0.717, 1.165) is 44.9 Å². The largest absolute Gasteiger partial charge is 0.375 e. The van der Waals surface area contributed by atoms with Crippen molar-refractivity contribution in [3.05, 3.63) is 0 Å². The Morgan fingerprint density at radius 2 is 2.11 bits per heavy atom. The number of carbonyl (C=O) groups is 1. The lowest BCUT2D eigenvalue weighted by Gasteiger charge is -2.32. The summed E-state index contributed by atoms with van der Waals surface area (Å²) in [7, 11) is 0. The molecule has 0 aromatic rings. The van der Waals surface area contributed by atoms with Gasteiger partial charge < -0.3 is 15.0 Å². The van der Waals surface area contributed by atoms with Crippen molar-refractivity contribution < 1.29 is 9.53 Å². The summed E-state index contributed by atoms with van der Waals surface area (Å²) in [6.45, 7) is 6.51. The van der Waals surface area contributed by atoms with Crippen LogP contribution in [0.2, 0.25) is 0 Å². The predicted octanol–water partition coefficient (Wildman–Crippen LogP) is 1.44. The minimum absolute atomic E-state index is 0. The number of nitrogens with one attached hydrogen (secondary N) is 1. The first-order valence-corrected chi connectivity index (χ1v) is 6.86. The van der Waals surface area contributed by atoms with Gasteiger partial charge in [-0.2, -0.15) is 0 Å². The van der Waals surface area contributed by atoms with Crippen LogP contribution in [0.5, 0.6) is 0 Å². The fourth-order valence-electron chi connectivity index (χ4n) is 2.70. The van der Waals surface area contributed by atoms with E-state index in [1.807, 2.05) is 11.8 Å². The second kappa shape index (κ2) is 7.97. The Hall–Kier alpha value is -0.320. The number of piperidine rings is 1. The lowest BCUT2D eigenvalue weighted by molar-refractivity contribution is -0.138. The molecule has 0 saturated carbocycles. The normalized spacial score (nSPS) is 25.6. The van der Waals surface area contributed by atoms with E-state index < -0.39 is 0 Å². The summed E-state index contributed by atoms with van der Waals surface area (Å²) in [5.74, 6) is 1.07. The summed E-state index contributed by atoms with van der Waals surface area (Å²) < 4.78 is 5.45. The highest BCUT2D eigenvalue weighted by Gasteiger charge is 2.22. The molecule has 0 aliphatic carbocycles. The number of ether oxygens (including phenoxy) is 1. The van der Waals surface area contributed by atoms with Gasteiger partial charge >= 0.3 is 0 Å². The van der Waals surface area contributed by atoms with E-state index in [0.29, 0.717) is 12.5 Å². The van der Waals surface area contributed by atoms with Gasteiger partial charge in [-0.1, -0.05) is 0 Å². The zero-order valence-corrected chi connectivity index (χ0v) is 12.0. The number of halogens is 1. The summed E-state index contributed by atoms with van der Waals surface area (Å²) >= 11 is 0. The second-order valence-corrected chi connectivity index (χ2v) is 5.25. The van der Waals surface area contributed by atoms with Crippen LogP contribution in [0.4, 0.5) is 0 Å². The molecule has 2 aliphatic heterocycles. The molecule has 1 unspecified atom stereocenters. The highest BCUT2D eigenvalue weighted by Crippen LogP contribution is 2.18. The molecule has 1 atom stereocenters. The fourth-order valence-corrected chi connectivity index (χ4v) is 2.70. The number of amides is 1. The Morgan fingerprint density at radius 1 is 1.39 bits per heavy atom. The maximum Gasteiger partial charge on any atom is 0.222 e. The summed E-state index contributed by atoms with van der Waals surface area (Å²) in [6, 6.07) is 0. The minimum Gasteiger partial charge on any atom is -0.375 e. The lowest BCUT2D eigenvalue weighted by Crippen LogP contribution is -2.44. The summed E-state index contributed by atoms with van der Waals surface area (Å²) in [5.41, 5.74) is 0. The van der Waals surface area contributed by atoms with Gasteiger partial charge in [0.05, 0.1) is 12.7 Å². The second-order valence-electron chi connectivity index (χ2n) is 5.25. The van der Waals surface area contributed by atoms with Crippen molar-refractivity contribution in [3.8, 4) is 0 Å². The molecule has 0 spiro atoms. The Kier molecular flexibility index (Phi) is 6.97. The molecule has 4 nitrogen and oxygen atoms in total. The molecule has 2 aliphatic rings. The number of hydrogen-bond acceptors (Lipinski definition) is 3. The number of carbonyl (C=O) groups excluding carboxylic acids is 1. The van der Waals surface area contributed by atoms with Crippen LogP contribution < -0.4 is 5.32 Å². The topological polar surface area (TPSA) is 41.6 Å². The van der Waals surface area contributed by atoms with Crippen molar-refractivity contribution in [2.45, 2.75) is 38.7 Å². The van der Waals surface area contributed by atoms with E-state index in [1.54, 1.807) is 0 Å². The molecule has 2 saturated heterocycles. The van der Waals surface area contributed by atoms with Gasteiger partial charge in [-0.25, -0.2) is 0 Å². The van der Waals surface area contributed by atoms with Crippen LogP contribution in [0, 0.1) is 5.92 Å². The maximum absolute atomic E-state index is 12.0. The number of morpholine rings is 1. The SMILES string of the molecule is CC1CN(C(=O)CCC2CCNCC2)CCO1.Cl. The first-order chi connectivity index (χ1) is 8.25. The monoisotopic (exact) mass is 276 g/mol. The summed E-state index contributed by atoms with van der Waals surface area (Å²) in [5, 5.41) is 3.36. The molecule has 0 aromatic heterocycles. The average molecular weight is 277 g/mol. The molecule has 2 fully saturated rings. The standard InChI is InChI=1S/C13H24N2O2.ClH/c1-11-10-15(8-9-17-11)13(16)3-2-12-4-6-14-7-5-12;/h11-12,14H,2-10H2,1H3;1H. The zero-order chi connectivity index (χ0) is 12.1. The molecule has 2 rings (SSSR count). The highest BCUT2D eigenvalue weighted by atomic mass is 35.5. The van der Waals surface area contributed by atoms with E-state index in [2.05, 4.69) is 5.32 Å². The van der Waals surface area contributed by atoms with Crippen LogP contribution in [0.25, 0.3) is 0 Å². The molecule has 2 heterocycles. The average Bonchev–Trinajstić information content (AvgIpc) is 2.37. The molecular weight excluding hydrogens is 252 g/mol. The van der Waals surface area contributed by atoms with Gasteiger partial charge in [0, 0.05) is 19.5 Å². The van der Waals surface area contributed by atoms with Crippen molar-refractivity contribution in [1.82, 2.24) is 10.2 Å². The smallest absolute Gasteiger partial charge is 0.222 e. The molecule has 1 amide bonds. The predicted molar refractivity (Wildman–Crippen MR) is 74.1 cm³/mol. The van der Waals surface area contributed by atoms with Crippen LogP contribution >= 0.6 is 12.4 Å². The number of nitrogens with zero attached hydrogens (tertiary/aromatic N) is 1. The van der Waals surface area contributed by atoms with Gasteiger partial charge in [0.2, 0.25) is 5.91 Å². The third-order valence-corrected chi connectivity index (χ3v) is 3.82. The first kappa shape index (κ1) is 15.7. The maximum atomic E-state index is 12.0. The minimum atomic E-state index is 0. The van der Waals surface area contributed by atoms with E-state index in [1.165, 1.54) is 12.8 Å². The van der Waals surface area contributed by atoms with Crippen molar-refractivity contribution in [2.24, 2.45) is 5.92 Å². The number of hydrogen-bond donors (Lipinski definition) is 1. The van der Waals surface area contributed by atoms with Crippen molar-refractivity contribution in [3.63, 3.8) is 0 Å². The molecule has 1 N–H and O–H groups in total. The van der Waals surface area contributed by atoms with Crippen LogP contribution in [-0.2, 0) is 9.53 Å². The van der Waals surface area contributed by atoms with Crippen molar-refractivity contribution in [2.75, 3.05) is 32.8 Å². The molecular formula is C13H25ClN2O2. The lowest BCUT2D eigenvalue weighted by atomic mass is 9.93. The Morgan fingerprint density at radius 3 is 2.78 bits per heavy atom. The van der Waals surface area contributed by atoms with Crippen LogP contribution in [0.15, 0.2) is 0 Å². The van der Waals surface area contributed by atoms with Gasteiger partial charge in [-0.3, -0.25) is 4.79 Å². The van der Waals surface area contributed by atoms with Crippen molar-refractivity contribution >= 4 is 18.3 Å². The van der Waals surface area contributed by atoms with Crippen LogP contribution in [-0.4, -0.2) is 49.7 Å². The summed E-state index contributed by atoms with van der Waals surface area (Å²) in [4.78, 5) is 14.0. The van der Waals surface area contributed by atoms with Crippen LogP contribution in [0.1, 0.15) is 32.6 Å². The van der Waals surface area contributed by atoms with E-state index in [-0.39, 0.29) is 18.5 Å². The van der Waals surface area contributed by atoms with Gasteiger partial charge in [0.1, 0.15) is 0 Å². The molecule has 0 bridgehead atoms. The molecule has 5 heteroatoms. The van der Waals surface area contributed by atoms with Crippen molar-refractivity contribution in [1.29, 1.82) is 0 Å². The Balaban J connectivity index is 0.00000162. The highest BCUT2D eigenvalue weighted by molar-refractivity contribution is 5.85. The third-order valence-electron chi connectivity index (χ3n) is 3.82. The van der Waals surface area contributed by atoms with Gasteiger partial charge in [-0.05, 0) is 45.2 Å². The number of rotatable bonds is 3. The van der Waals surface area contributed by atoms with E-state index in [9.17, 15) is 4.79 Å². The Bertz CT molecular complexity index is 257. The first-order valence-electron chi connectivity index (χ1n) is 6.86. The van der Waals surface area contributed by atoms with E-state index >= 15 is 0 Å². The van der Waals surface area contributed by atoms with E-state index in [4.69, 9.17) is 4.74 Å². The van der Waals surface area contributed by atoms with Gasteiger partial charge in [0.15, 0.2) is 0 Å². The van der Waals surface area contributed by atoms with Gasteiger partial charge in [-0.15, -0.1) is 12.4 Å². The molecule has 106 valence electrons. The molecule has 0 aromatic carbocycles. The molecule has 0 radical (unpaired) electrons. The fraction of sp³-hybridized carbons (Fsp3) is 0.923. The summed E-state index contributed by atoms with van der Waals surface area (Å²) in [6.07, 6.45) is 4.44.